The molecule has 0 bridgehead atoms. The van der Waals surface area contributed by atoms with Crippen LogP contribution in [0.25, 0.3) is 0 Å². The topological polar surface area (TPSA) is 82.1 Å². The van der Waals surface area contributed by atoms with E-state index in [1.807, 2.05) is 9.80 Å². The largest absolute Gasteiger partial charge is 0.361 e. The van der Waals surface area contributed by atoms with Gasteiger partial charge in [-0.3, -0.25) is 9.80 Å². The molecule has 0 aromatic carbocycles. The van der Waals surface area contributed by atoms with Crippen LogP contribution in [0, 0.1) is 0 Å². The molecule has 0 radical (unpaired) electrons. The molecule has 0 unspecified atom stereocenters. The summed E-state index contributed by atoms with van der Waals surface area (Å²) in [4.78, 5) is 17.2. The molecular weight excluding hydrogens is 442 g/mol. The molecule has 0 atom stereocenters. The highest BCUT2D eigenvalue weighted by molar-refractivity contribution is 9.10. The van der Waals surface area contributed by atoms with Gasteiger partial charge in [0.2, 0.25) is 16.6 Å². The van der Waals surface area contributed by atoms with Gasteiger partial charge in [-0.05, 0) is 41.6 Å². The van der Waals surface area contributed by atoms with Gasteiger partial charge in [-0.15, -0.1) is 0 Å². The highest BCUT2D eigenvalue weighted by Gasteiger charge is 2.17. The second-order valence-electron chi connectivity index (χ2n) is 6.43. The summed E-state index contributed by atoms with van der Waals surface area (Å²) in [5.41, 5.74) is 0. The van der Waals surface area contributed by atoms with E-state index >= 15 is 0 Å². The number of hydrogen-bond donors (Lipinski definition) is 0. The zero-order valence-electron chi connectivity index (χ0n) is 18.2. The van der Waals surface area contributed by atoms with E-state index in [0.717, 1.165) is 25.7 Å². The molecule has 1 aromatic heterocycles. The van der Waals surface area contributed by atoms with Gasteiger partial charge in [-0.2, -0.15) is 15.0 Å². The summed E-state index contributed by atoms with van der Waals surface area (Å²) in [5, 5.41) is 0. The number of halogens is 1. The summed E-state index contributed by atoms with van der Waals surface area (Å²) in [6, 6.07) is 0. The SMILES string of the molecule is CCCOCN(COCCC)c1nc(Br)nc(N(COCCC)COCCC)n1. The Bertz CT molecular complexity index is 479. The van der Waals surface area contributed by atoms with Crippen LogP contribution in [0.4, 0.5) is 11.9 Å². The first-order valence-electron chi connectivity index (χ1n) is 10.4. The molecule has 1 rings (SSSR count). The second kappa shape index (κ2) is 16.7. The maximum absolute atomic E-state index is 5.70. The van der Waals surface area contributed by atoms with E-state index in [0.29, 0.717) is 70.0 Å². The molecule has 1 heterocycles. The minimum atomic E-state index is 0.339. The molecule has 0 saturated heterocycles. The molecule has 0 aliphatic heterocycles. The maximum atomic E-state index is 5.70. The Hall–Kier alpha value is -1.07. The van der Waals surface area contributed by atoms with Crippen LogP contribution in [0.3, 0.4) is 0 Å². The average Bonchev–Trinajstić information content (AvgIpc) is 2.71. The molecule has 9 nitrogen and oxygen atoms in total. The van der Waals surface area contributed by atoms with Crippen LogP contribution >= 0.6 is 15.9 Å². The molecule has 0 amide bonds. The summed E-state index contributed by atoms with van der Waals surface area (Å²) in [7, 11) is 0. The van der Waals surface area contributed by atoms with E-state index < -0.39 is 0 Å². The average molecular weight is 478 g/mol. The number of anilines is 2. The lowest BCUT2D eigenvalue weighted by Crippen LogP contribution is -2.34. The zero-order valence-corrected chi connectivity index (χ0v) is 19.8. The normalized spacial score (nSPS) is 11.1. The number of rotatable bonds is 18. The van der Waals surface area contributed by atoms with Crippen molar-refractivity contribution in [2.24, 2.45) is 0 Å². The molecule has 0 N–H and O–H groups in total. The first kappa shape index (κ1) is 26.0. The third-order valence-electron chi connectivity index (χ3n) is 3.53. The lowest BCUT2D eigenvalue weighted by molar-refractivity contribution is 0.0821. The Labute approximate surface area is 183 Å². The molecule has 0 aliphatic carbocycles. The van der Waals surface area contributed by atoms with Crippen molar-refractivity contribution in [3.05, 3.63) is 4.73 Å². The van der Waals surface area contributed by atoms with Crippen molar-refractivity contribution in [3.63, 3.8) is 0 Å². The van der Waals surface area contributed by atoms with E-state index in [9.17, 15) is 0 Å². The highest BCUT2D eigenvalue weighted by atomic mass is 79.9. The van der Waals surface area contributed by atoms with E-state index in [-0.39, 0.29) is 0 Å². The summed E-state index contributed by atoms with van der Waals surface area (Å²) < 4.78 is 23.2. The van der Waals surface area contributed by atoms with Gasteiger partial charge in [0, 0.05) is 26.4 Å². The van der Waals surface area contributed by atoms with Crippen molar-refractivity contribution >= 4 is 27.8 Å². The first-order valence-corrected chi connectivity index (χ1v) is 11.2. The smallest absolute Gasteiger partial charge is 0.234 e. The lowest BCUT2D eigenvalue weighted by Gasteiger charge is -2.25. The number of nitrogens with zero attached hydrogens (tertiary/aromatic N) is 5. The van der Waals surface area contributed by atoms with Gasteiger partial charge in [-0.1, -0.05) is 27.7 Å². The van der Waals surface area contributed by atoms with Crippen LogP contribution in [0.1, 0.15) is 53.4 Å². The fraction of sp³-hybridized carbons (Fsp3) is 0.842. The number of hydrogen-bond acceptors (Lipinski definition) is 9. The summed E-state index contributed by atoms with van der Waals surface area (Å²) in [5.74, 6) is 0.954. The van der Waals surface area contributed by atoms with Crippen LogP contribution < -0.4 is 9.80 Å². The Morgan fingerprint density at radius 2 is 0.897 bits per heavy atom. The minimum Gasteiger partial charge on any atom is -0.361 e. The molecule has 0 aliphatic rings. The van der Waals surface area contributed by atoms with Gasteiger partial charge in [0.25, 0.3) is 0 Å². The minimum absolute atomic E-state index is 0.339. The van der Waals surface area contributed by atoms with E-state index in [1.54, 1.807) is 0 Å². The standard InChI is InChI=1S/C19H36BrN5O4/c1-5-9-26-13-24(14-27-10-6-2)18-21-17(20)22-19(23-18)25(15-28-11-7-3)16-29-12-8-4/h5-16H2,1-4H3. The van der Waals surface area contributed by atoms with Gasteiger partial charge in [-0.25, -0.2) is 0 Å². The first-order chi connectivity index (χ1) is 14.2. The molecule has 168 valence electrons. The highest BCUT2D eigenvalue weighted by Crippen LogP contribution is 2.18. The van der Waals surface area contributed by atoms with Gasteiger partial charge >= 0.3 is 0 Å². The van der Waals surface area contributed by atoms with Crippen LogP contribution in [-0.2, 0) is 18.9 Å². The Morgan fingerprint density at radius 1 is 0.586 bits per heavy atom. The predicted molar refractivity (Wildman–Crippen MR) is 117 cm³/mol. The summed E-state index contributed by atoms with van der Waals surface area (Å²) >= 11 is 3.40. The van der Waals surface area contributed by atoms with Crippen molar-refractivity contribution in [1.29, 1.82) is 0 Å². The third kappa shape index (κ3) is 11.0. The Kier molecular flexibility index (Phi) is 15.0. The van der Waals surface area contributed by atoms with Gasteiger partial charge in [0.15, 0.2) is 0 Å². The second-order valence-corrected chi connectivity index (χ2v) is 7.14. The summed E-state index contributed by atoms with van der Waals surface area (Å²) in [6.45, 7) is 12.3. The van der Waals surface area contributed by atoms with E-state index in [2.05, 4.69) is 58.6 Å². The molecule has 0 fully saturated rings. The molecular formula is C19H36BrN5O4. The number of aromatic nitrogens is 3. The van der Waals surface area contributed by atoms with Crippen molar-refractivity contribution in [3.8, 4) is 0 Å². The fourth-order valence-corrected chi connectivity index (χ4v) is 2.51. The van der Waals surface area contributed by atoms with Crippen molar-refractivity contribution in [2.75, 3.05) is 63.2 Å². The number of ether oxygens (including phenoxy) is 4. The quantitative estimate of drug-likeness (QED) is 0.231. The van der Waals surface area contributed by atoms with Crippen molar-refractivity contribution in [1.82, 2.24) is 15.0 Å². The Balaban J connectivity index is 2.98. The lowest BCUT2D eigenvalue weighted by atomic mass is 10.5. The van der Waals surface area contributed by atoms with Crippen LogP contribution in [0.15, 0.2) is 4.73 Å². The molecule has 0 saturated carbocycles. The van der Waals surface area contributed by atoms with E-state index in [4.69, 9.17) is 18.9 Å². The van der Waals surface area contributed by atoms with Crippen molar-refractivity contribution < 1.29 is 18.9 Å². The van der Waals surface area contributed by atoms with Gasteiger partial charge in [0.05, 0.1) is 0 Å². The van der Waals surface area contributed by atoms with Crippen LogP contribution in [0.2, 0.25) is 0 Å². The molecule has 10 heteroatoms. The van der Waals surface area contributed by atoms with Crippen LogP contribution in [-0.4, -0.2) is 68.3 Å². The Morgan fingerprint density at radius 3 is 1.17 bits per heavy atom. The van der Waals surface area contributed by atoms with E-state index in [1.165, 1.54) is 0 Å². The fourth-order valence-electron chi connectivity index (χ4n) is 2.19. The maximum Gasteiger partial charge on any atom is 0.234 e. The van der Waals surface area contributed by atoms with Gasteiger partial charge in [0.1, 0.15) is 26.9 Å². The predicted octanol–water partition coefficient (Wildman–Crippen LogP) is 3.78. The zero-order chi connectivity index (χ0) is 21.3. The monoisotopic (exact) mass is 477 g/mol. The summed E-state index contributed by atoms with van der Waals surface area (Å²) in [6.07, 6.45) is 3.75. The van der Waals surface area contributed by atoms with Crippen molar-refractivity contribution in [2.45, 2.75) is 53.4 Å². The van der Waals surface area contributed by atoms with Gasteiger partial charge < -0.3 is 18.9 Å². The molecule has 0 spiro atoms. The van der Waals surface area contributed by atoms with Crippen LogP contribution in [0.5, 0.6) is 0 Å². The molecule has 29 heavy (non-hydrogen) atoms. The molecule has 1 aromatic rings. The third-order valence-corrected chi connectivity index (χ3v) is 3.89.